The third-order valence-electron chi connectivity index (χ3n) is 4.83. The summed E-state index contributed by atoms with van der Waals surface area (Å²) in [6, 6.07) is 18.2. The topological polar surface area (TPSA) is 64.2 Å². The van der Waals surface area contributed by atoms with Gasteiger partial charge >= 0.3 is 0 Å². The molecule has 1 aliphatic rings. The lowest BCUT2D eigenvalue weighted by molar-refractivity contribution is -0.901. The van der Waals surface area contributed by atoms with Crippen molar-refractivity contribution in [1.82, 2.24) is 20.1 Å². The van der Waals surface area contributed by atoms with Gasteiger partial charge in [-0.3, -0.25) is 4.79 Å². The van der Waals surface area contributed by atoms with E-state index in [0.717, 1.165) is 31.7 Å². The first-order chi connectivity index (χ1) is 12.8. The Balaban J connectivity index is 1.32. The van der Waals surface area contributed by atoms with E-state index in [-0.39, 0.29) is 11.9 Å². The number of benzene rings is 2. The van der Waals surface area contributed by atoms with Crippen LogP contribution in [0.2, 0.25) is 0 Å². The van der Waals surface area contributed by atoms with Gasteiger partial charge in [-0.05, 0) is 24.3 Å². The predicted octanol–water partition coefficient (Wildman–Crippen LogP) is 0.855. The Morgan fingerprint density at radius 1 is 1.15 bits per heavy atom. The highest BCUT2D eigenvalue weighted by Gasteiger charge is 2.27. The van der Waals surface area contributed by atoms with E-state index in [2.05, 4.69) is 39.7 Å². The Labute approximate surface area is 152 Å². The fourth-order valence-corrected chi connectivity index (χ4v) is 3.48. The van der Waals surface area contributed by atoms with Crippen molar-refractivity contribution in [1.29, 1.82) is 0 Å². The Kier molecular flexibility index (Phi) is 4.75. The van der Waals surface area contributed by atoms with Crippen LogP contribution in [0.5, 0.6) is 0 Å². The quantitative estimate of drug-likeness (QED) is 0.719. The Hall–Kier alpha value is -2.99. The molecule has 6 nitrogen and oxygen atoms in total. The summed E-state index contributed by atoms with van der Waals surface area (Å²) in [4.78, 5) is 18.0. The van der Waals surface area contributed by atoms with Crippen LogP contribution < -0.4 is 10.2 Å². The lowest BCUT2D eigenvalue weighted by atomic mass is 10.1. The van der Waals surface area contributed by atoms with E-state index in [1.807, 2.05) is 30.3 Å². The molecule has 0 bridgehead atoms. The largest absolute Gasteiger partial charge is 0.343 e. The van der Waals surface area contributed by atoms with Crippen molar-refractivity contribution in [2.45, 2.75) is 19.0 Å². The number of nitrogens with one attached hydrogen (secondary N) is 2. The number of hydrogen-bond acceptors (Lipinski definition) is 3. The maximum Gasteiger partial charge on any atom is 0.251 e. The zero-order valence-corrected chi connectivity index (χ0v) is 14.5. The molecule has 1 fully saturated rings. The summed E-state index contributed by atoms with van der Waals surface area (Å²) >= 11 is 0. The number of carbonyl (C=O) groups excluding carboxylic acids is 1. The highest BCUT2D eigenvalue weighted by molar-refractivity contribution is 5.94. The van der Waals surface area contributed by atoms with Gasteiger partial charge in [-0.25, -0.2) is 9.67 Å². The van der Waals surface area contributed by atoms with Gasteiger partial charge in [0.25, 0.3) is 5.91 Å². The van der Waals surface area contributed by atoms with Gasteiger partial charge in [0.2, 0.25) is 0 Å². The average Bonchev–Trinajstić information content (AvgIpc) is 3.35. The molecular weight excluding hydrogens is 326 g/mol. The maximum absolute atomic E-state index is 12.5. The summed E-state index contributed by atoms with van der Waals surface area (Å²) in [6.07, 6.45) is 4.15. The number of nitrogens with zero attached hydrogens (tertiary/aromatic N) is 3. The van der Waals surface area contributed by atoms with Crippen molar-refractivity contribution in [3.63, 3.8) is 0 Å². The van der Waals surface area contributed by atoms with Crippen LogP contribution in [0.4, 0.5) is 0 Å². The molecule has 2 aromatic carbocycles. The molecule has 2 heterocycles. The summed E-state index contributed by atoms with van der Waals surface area (Å²) in [5.41, 5.74) is 2.90. The number of hydrogen-bond donors (Lipinski definition) is 2. The number of rotatable bonds is 5. The molecule has 2 atom stereocenters. The van der Waals surface area contributed by atoms with Gasteiger partial charge in [0.05, 0.1) is 24.8 Å². The zero-order valence-electron chi connectivity index (χ0n) is 14.5. The third kappa shape index (κ3) is 3.81. The summed E-state index contributed by atoms with van der Waals surface area (Å²) in [5.74, 6) is -0.0129. The number of likely N-dealkylation sites (tertiary alicyclic amines) is 1. The summed E-state index contributed by atoms with van der Waals surface area (Å²) in [5, 5.41) is 7.26. The summed E-state index contributed by atoms with van der Waals surface area (Å²) in [6.45, 7) is 3.07. The lowest BCUT2D eigenvalue weighted by Gasteiger charge is -2.14. The molecule has 1 saturated heterocycles. The molecule has 0 aliphatic carbocycles. The van der Waals surface area contributed by atoms with Crippen LogP contribution in [0.25, 0.3) is 5.69 Å². The van der Waals surface area contributed by atoms with Crippen LogP contribution in [0.3, 0.4) is 0 Å². The van der Waals surface area contributed by atoms with Crippen molar-refractivity contribution in [3.05, 3.63) is 78.4 Å². The molecule has 0 saturated carbocycles. The molecule has 26 heavy (non-hydrogen) atoms. The lowest BCUT2D eigenvalue weighted by Crippen LogP contribution is -3.09. The second-order valence-electron chi connectivity index (χ2n) is 6.71. The number of carbonyl (C=O) groups is 1. The standard InChI is InChI=1S/C20H21N5O/c26-20(17-6-8-19(9-7-17)25-15-21-14-22-25)23-18-10-11-24(13-18)12-16-4-2-1-3-5-16/h1-9,14-15,18H,10-13H2,(H,23,26)/p+1/t18-/m0/s1. The summed E-state index contributed by atoms with van der Waals surface area (Å²) < 4.78 is 1.67. The molecule has 6 heteroatoms. The van der Waals surface area contributed by atoms with Crippen molar-refractivity contribution < 1.29 is 9.69 Å². The highest BCUT2D eigenvalue weighted by Crippen LogP contribution is 2.09. The van der Waals surface area contributed by atoms with Gasteiger partial charge in [-0.2, -0.15) is 5.10 Å². The first kappa shape index (κ1) is 16.5. The van der Waals surface area contributed by atoms with Crippen LogP contribution in [0.1, 0.15) is 22.3 Å². The Bertz CT molecular complexity index is 846. The predicted molar refractivity (Wildman–Crippen MR) is 98.1 cm³/mol. The Morgan fingerprint density at radius 3 is 2.69 bits per heavy atom. The van der Waals surface area contributed by atoms with Gasteiger partial charge < -0.3 is 10.2 Å². The van der Waals surface area contributed by atoms with Crippen LogP contribution in [-0.4, -0.2) is 39.8 Å². The first-order valence-corrected chi connectivity index (χ1v) is 8.91. The van der Waals surface area contributed by atoms with Gasteiger partial charge in [0, 0.05) is 17.5 Å². The highest BCUT2D eigenvalue weighted by atomic mass is 16.1. The molecule has 1 unspecified atom stereocenters. The molecule has 3 aromatic rings. The molecule has 2 N–H and O–H groups in total. The minimum Gasteiger partial charge on any atom is -0.343 e. The molecule has 0 radical (unpaired) electrons. The normalized spacial score (nSPS) is 19.4. The minimum absolute atomic E-state index is 0.0129. The maximum atomic E-state index is 12.5. The zero-order chi connectivity index (χ0) is 17.8. The number of amides is 1. The van der Waals surface area contributed by atoms with E-state index in [9.17, 15) is 4.79 Å². The molecule has 1 aromatic heterocycles. The monoisotopic (exact) mass is 348 g/mol. The smallest absolute Gasteiger partial charge is 0.251 e. The van der Waals surface area contributed by atoms with E-state index in [1.54, 1.807) is 11.0 Å². The van der Waals surface area contributed by atoms with E-state index in [4.69, 9.17) is 0 Å². The van der Waals surface area contributed by atoms with Gasteiger partial charge in [-0.1, -0.05) is 30.3 Å². The molecule has 0 spiro atoms. The van der Waals surface area contributed by atoms with E-state index in [0.29, 0.717) is 5.56 Å². The molecule has 1 aliphatic heterocycles. The van der Waals surface area contributed by atoms with Crippen molar-refractivity contribution in [2.75, 3.05) is 13.1 Å². The second-order valence-corrected chi connectivity index (χ2v) is 6.71. The van der Waals surface area contributed by atoms with Gasteiger partial charge in [0.1, 0.15) is 19.2 Å². The van der Waals surface area contributed by atoms with E-state index in [1.165, 1.54) is 16.8 Å². The Morgan fingerprint density at radius 2 is 1.96 bits per heavy atom. The second kappa shape index (κ2) is 7.49. The minimum atomic E-state index is -0.0129. The molecule has 4 rings (SSSR count). The van der Waals surface area contributed by atoms with Crippen LogP contribution in [-0.2, 0) is 6.54 Å². The first-order valence-electron chi connectivity index (χ1n) is 8.91. The molecular formula is C20H22N5O+. The van der Waals surface area contributed by atoms with Crippen molar-refractivity contribution >= 4 is 5.91 Å². The number of quaternary nitrogens is 1. The van der Waals surface area contributed by atoms with Crippen LogP contribution in [0.15, 0.2) is 67.3 Å². The fraction of sp³-hybridized carbons (Fsp3) is 0.250. The van der Waals surface area contributed by atoms with Gasteiger partial charge in [-0.15, -0.1) is 0 Å². The van der Waals surface area contributed by atoms with Gasteiger partial charge in [0.15, 0.2) is 0 Å². The molecule has 1 amide bonds. The number of aromatic nitrogens is 3. The molecule has 132 valence electrons. The van der Waals surface area contributed by atoms with Crippen molar-refractivity contribution in [2.24, 2.45) is 0 Å². The third-order valence-corrected chi connectivity index (χ3v) is 4.83. The SMILES string of the molecule is O=C(N[C@H]1CC[NH+](Cc2ccccc2)C1)c1ccc(-n2cncn2)cc1. The van der Waals surface area contributed by atoms with E-state index >= 15 is 0 Å². The van der Waals surface area contributed by atoms with Crippen LogP contribution in [0, 0.1) is 0 Å². The van der Waals surface area contributed by atoms with E-state index < -0.39 is 0 Å². The van der Waals surface area contributed by atoms with Crippen LogP contribution >= 0.6 is 0 Å². The van der Waals surface area contributed by atoms with Crippen molar-refractivity contribution in [3.8, 4) is 5.69 Å². The average molecular weight is 348 g/mol. The summed E-state index contributed by atoms with van der Waals surface area (Å²) in [7, 11) is 0. The fourth-order valence-electron chi connectivity index (χ4n) is 3.48.